The second-order valence-electron chi connectivity index (χ2n) is 6.63. The maximum Gasteiger partial charge on any atom is 0.225 e. The van der Waals surface area contributed by atoms with E-state index in [9.17, 15) is 17.6 Å². The molecular formula is C20H15ClFNO3S2. The standard InChI is InChI=1S/C20H15ClFNO3S2/c1-11-2-5-13(6-3-11)28(25,26)17-10-27-20-15(9-18(24)23-19(17)20)14-8-12(21)4-7-16(14)22/h2-8,10,15H,9H2,1H3,(H,23,24). The second kappa shape index (κ2) is 6.99. The summed E-state index contributed by atoms with van der Waals surface area (Å²) in [5, 5.41) is 4.52. The van der Waals surface area contributed by atoms with Crippen molar-refractivity contribution in [3.8, 4) is 0 Å². The molecule has 4 rings (SSSR count). The lowest BCUT2D eigenvalue weighted by atomic mass is 9.90. The van der Waals surface area contributed by atoms with Crippen molar-refractivity contribution in [3.63, 3.8) is 0 Å². The molecule has 28 heavy (non-hydrogen) atoms. The zero-order chi connectivity index (χ0) is 20.1. The molecule has 0 saturated heterocycles. The van der Waals surface area contributed by atoms with Crippen LogP contribution in [0, 0.1) is 12.7 Å². The second-order valence-corrected chi connectivity index (χ2v) is 9.89. The van der Waals surface area contributed by atoms with Crippen molar-refractivity contribution in [2.24, 2.45) is 0 Å². The highest BCUT2D eigenvalue weighted by atomic mass is 35.5. The SMILES string of the molecule is Cc1ccc(S(=O)(=O)c2csc3c2NC(=O)CC3c2cc(Cl)ccc2F)cc1. The summed E-state index contributed by atoms with van der Waals surface area (Å²) in [6.07, 6.45) is 0.0226. The highest BCUT2D eigenvalue weighted by molar-refractivity contribution is 7.91. The number of aryl methyl sites for hydroxylation is 1. The van der Waals surface area contributed by atoms with Crippen molar-refractivity contribution in [1.29, 1.82) is 0 Å². The number of nitrogens with one attached hydrogen (secondary N) is 1. The minimum atomic E-state index is -3.83. The number of carbonyl (C=O) groups excluding carboxylic acids is 1. The van der Waals surface area contributed by atoms with Crippen molar-refractivity contribution in [2.45, 2.75) is 29.1 Å². The van der Waals surface area contributed by atoms with Gasteiger partial charge in [-0.05, 0) is 42.8 Å². The average molecular weight is 436 g/mol. The first-order valence-corrected chi connectivity index (χ1v) is 11.2. The molecule has 3 aromatic rings. The highest BCUT2D eigenvalue weighted by Crippen LogP contribution is 2.46. The Hall–Kier alpha value is -2.22. The zero-order valence-corrected chi connectivity index (χ0v) is 17.1. The van der Waals surface area contributed by atoms with Crippen LogP contribution in [-0.4, -0.2) is 14.3 Å². The van der Waals surface area contributed by atoms with E-state index in [1.807, 2.05) is 6.92 Å². The van der Waals surface area contributed by atoms with E-state index in [-0.39, 0.29) is 33.4 Å². The molecule has 1 unspecified atom stereocenters. The van der Waals surface area contributed by atoms with Crippen molar-refractivity contribution in [3.05, 3.63) is 74.7 Å². The minimum absolute atomic E-state index is 0.0226. The van der Waals surface area contributed by atoms with Gasteiger partial charge < -0.3 is 5.32 Å². The van der Waals surface area contributed by atoms with Gasteiger partial charge in [0.1, 0.15) is 10.7 Å². The minimum Gasteiger partial charge on any atom is -0.324 e. The summed E-state index contributed by atoms with van der Waals surface area (Å²) in [5.41, 5.74) is 1.45. The number of rotatable bonds is 3. The molecule has 0 bridgehead atoms. The Morgan fingerprint density at radius 1 is 1.18 bits per heavy atom. The average Bonchev–Trinajstić information content (AvgIpc) is 3.08. The number of anilines is 1. The lowest BCUT2D eigenvalue weighted by molar-refractivity contribution is -0.116. The van der Waals surface area contributed by atoms with E-state index in [0.29, 0.717) is 9.90 Å². The molecule has 1 aliphatic heterocycles. The van der Waals surface area contributed by atoms with E-state index >= 15 is 0 Å². The van der Waals surface area contributed by atoms with Gasteiger partial charge in [0.05, 0.1) is 10.6 Å². The Kier molecular flexibility index (Phi) is 4.77. The Morgan fingerprint density at radius 2 is 1.89 bits per heavy atom. The van der Waals surface area contributed by atoms with Gasteiger partial charge in [-0.15, -0.1) is 11.3 Å². The molecule has 4 nitrogen and oxygen atoms in total. The summed E-state index contributed by atoms with van der Waals surface area (Å²) in [5.74, 6) is -1.43. The molecule has 2 aromatic carbocycles. The molecule has 0 saturated carbocycles. The predicted molar refractivity (Wildman–Crippen MR) is 107 cm³/mol. The number of hydrogen-bond acceptors (Lipinski definition) is 4. The largest absolute Gasteiger partial charge is 0.324 e. The number of benzene rings is 2. The van der Waals surface area contributed by atoms with Gasteiger partial charge in [0.2, 0.25) is 15.7 Å². The molecular weight excluding hydrogens is 421 g/mol. The highest BCUT2D eigenvalue weighted by Gasteiger charge is 2.35. The van der Waals surface area contributed by atoms with Gasteiger partial charge in [0.15, 0.2) is 0 Å². The van der Waals surface area contributed by atoms with Gasteiger partial charge in [-0.3, -0.25) is 4.79 Å². The molecule has 2 heterocycles. The maximum atomic E-state index is 14.4. The quantitative estimate of drug-likeness (QED) is 0.618. The summed E-state index contributed by atoms with van der Waals surface area (Å²) >= 11 is 7.20. The van der Waals surface area contributed by atoms with Crippen LogP contribution in [0.2, 0.25) is 5.02 Å². The summed E-state index contributed by atoms with van der Waals surface area (Å²) in [6, 6.07) is 10.7. The van der Waals surface area contributed by atoms with Gasteiger partial charge in [-0.1, -0.05) is 29.3 Å². The fraction of sp³-hybridized carbons (Fsp3) is 0.150. The summed E-state index contributed by atoms with van der Waals surface area (Å²) in [7, 11) is -3.83. The summed E-state index contributed by atoms with van der Waals surface area (Å²) < 4.78 is 40.6. The fourth-order valence-electron chi connectivity index (χ4n) is 3.28. The van der Waals surface area contributed by atoms with Crippen LogP contribution in [0.15, 0.2) is 57.6 Å². The number of fused-ring (bicyclic) bond motifs is 1. The third-order valence-electron chi connectivity index (χ3n) is 4.71. The first-order chi connectivity index (χ1) is 13.3. The Labute approximate surface area is 170 Å². The fourth-order valence-corrected chi connectivity index (χ4v) is 6.36. The topological polar surface area (TPSA) is 63.2 Å². The summed E-state index contributed by atoms with van der Waals surface area (Å²) in [6.45, 7) is 1.87. The van der Waals surface area contributed by atoms with Crippen LogP contribution in [0.4, 0.5) is 10.1 Å². The lowest BCUT2D eigenvalue weighted by Crippen LogP contribution is -2.24. The monoisotopic (exact) mass is 435 g/mol. The van der Waals surface area contributed by atoms with Crippen LogP contribution in [0.3, 0.4) is 0 Å². The number of thiophene rings is 1. The molecule has 1 amide bonds. The molecule has 1 atom stereocenters. The van der Waals surface area contributed by atoms with Crippen molar-refractivity contribution >= 4 is 44.4 Å². The van der Waals surface area contributed by atoms with Gasteiger partial charge in [-0.25, -0.2) is 12.8 Å². The van der Waals surface area contributed by atoms with Crippen LogP contribution in [-0.2, 0) is 14.6 Å². The van der Waals surface area contributed by atoms with Gasteiger partial charge in [-0.2, -0.15) is 0 Å². The van der Waals surface area contributed by atoms with Crippen molar-refractivity contribution in [1.82, 2.24) is 0 Å². The summed E-state index contributed by atoms with van der Waals surface area (Å²) in [4.78, 5) is 13.1. The molecule has 0 radical (unpaired) electrons. The van der Waals surface area contributed by atoms with E-state index < -0.39 is 21.6 Å². The van der Waals surface area contributed by atoms with Crippen LogP contribution >= 0.6 is 22.9 Å². The first-order valence-electron chi connectivity index (χ1n) is 8.45. The number of carbonyl (C=O) groups is 1. The van der Waals surface area contributed by atoms with E-state index in [2.05, 4.69) is 5.32 Å². The Balaban J connectivity index is 1.85. The Morgan fingerprint density at radius 3 is 2.61 bits per heavy atom. The van der Waals surface area contributed by atoms with E-state index in [1.54, 1.807) is 12.1 Å². The first kappa shape index (κ1) is 19.1. The van der Waals surface area contributed by atoms with Crippen molar-refractivity contribution < 1.29 is 17.6 Å². The van der Waals surface area contributed by atoms with Crippen LogP contribution < -0.4 is 5.32 Å². The van der Waals surface area contributed by atoms with Crippen LogP contribution in [0.25, 0.3) is 0 Å². The normalized spacial score (nSPS) is 16.5. The number of sulfone groups is 1. The predicted octanol–water partition coefficient (Wildman–Crippen LogP) is 5.16. The molecule has 1 aromatic heterocycles. The van der Waals surface area contributed by atoms with E-state index in [4.69, 9.17) is 11.6 Å². The molecule has 144 valence electrons. The van der Waals surface area contributed by atoms with Gasteiger partial charge in [0, 0.05) is 27.6 Å². The van der Waals surface area contributed by atoms with Crippen LogP contribution in [0.5, 0.6) is 0 Å². The molecule has 0 aliphatic carbocycles. The molecule has 8 heteroatoms. The third-order valence-corrected chi connectivity index (χ3v) is 7.98. The molecule has 1 N–H and O–H groups in total. The van der Waals surface area contributed by atoms with Gasteiger partial charge >= 0.3 is 0 Å². The molecule has 0 fully saturated rings. The number of halogens is 2. The van der Waals surface area contributed by atoms with Crippen molar-refractivity contribution in [2.75, 3.05) is 5.32 Å². The van der Waals surface area contributed by atoms with E-state index in [1.165, 1.54) is 47.0 Å². The number of hydrogen-bond donors (Lipinski definition) is 1. The van der Waals surface area contributed by atoms with E-state index in [0.717, 1.165) is 5.56 Å². The molecule has 0 spiro atoms. The zero-order valence-electron chi connectivity index (χ0n) is 14.7. The van der Waals surface area contributed by atoms with Gasteiger partial charge in [0.25, 0.3) is 0 Å². The number of amides is 1. The maximum absolute atomic E-state index is 14.4. The molecule has 1 aliphatic rings. The smallest absolute Gasteiger partial charge is 0.225 e. The lowest BCUT2D eigenvalue weighted by Gasteiger charge is -2.24. The Bertz CT molecular complexity index is 1190. The third kappa shape index (κ3) is 3.23. The van der Waals surface area contributed by atoms with Crippen LogP contribution in [0.1, 0.15) is 28.3 Å².